The fourth-order valence-corrected chi connectivity index (χ4v) is 6.25. The molecule has 0 radical (unpaired) electrons. The molecule has 2 aliphatic rings. The second-order valence-corrected chi connectivity index (χ2v) is 11.9. The SMILES string of the molecule is Cc1ccc(/C(O)=C2\C(=N)N(c3ccc(C)c(Cl)c3)C3=C(C(=O)CC(C)(C)C3)C2c2cccs2)cc1. The van der Waals surface area contributed by atoms with Gasteiger partial charge in [0.05, 0.1) is 11.5 Å². The first-order valence-corrected chi connectivity index (χ1v) is 13.3. The summed E-state index contributed by atoms with van der Waals surface area (Å²) in [4.78, 5) is 16.6. The third kappa shape index (κ3) is 4.21. The van der Waals surface area contributed by atoms with Gasteiger partial charge in [-0.05, 0) is 54.8 Å². The van der Waals surface area contributed by atoms with Gasteiger partial charge in [0.2, 0.25) is 0 Å². The number of allylic oxidation sites excluding steroid dienone is 2. The molecule has 1 atom stereocenters. The number of rotatable bonds is 3. The van der Waals surface area contributed by atoms with E-state index in [0.717, 1.165) is 21.7 Å². The third-order valence-electron chi connectivity index (χ3n) is 7.04. The summed E-state index contributed by atoms with van der Waals surface area (Å²) in [5.74, 6) is -0.263. The number of nitrogens with zero attached hydrogens (tertiary/aromatic N) is 1. The summed E-state index contributed by atoms with van der Waals surface area (Å²) < 4.78 is 0. The highest BCUT2D eigenvalue weighted by Crippen LogP contribution is 2.52. The minimum Gasteiger partial charge on any atom is -0.507 e. The van der Waals surface area contributed by atoms with E-state index < -0.39 is 5.92 Å². The average Bonchev–Trinajstić information content (AvgIpc) is 3.34. The maximum Gasteiger partial charge on any atom is 0.162 e. The fourth-order valence-electron chi connectivity index (χ4n) is 5.23. The number of amidine groups is 1. The molecule has 0 spiro atoms. The standard InChI is InChI=1S/C30H29ClN2O2S/c1-17-7-10-19(11-8-17)28(35)27-26(24-6-5-13-36-24)25-22(15-30(3,4)16-23(25)34)33(29(27)32)20-12-9-18(2)21(31)14-20/h5-14,26,32,35H,15-16H2,1-4H3/b28-27+,32-29?. The normalized spacial score (nSPS) is 21.0. The highest BCUT2D eigenvalue weighted by Gasteiger charge is 2.47. The van der Waals surface area contributed by atoms with Gasteiger partial charge >= 0.3 is 0 Å². The van der Waals surface area contributed by atoms with Gasteiger partial charge in [0.1, 0.15) is 11.6 Å². The van der Waals surface area contributed by atoms with E-state index >= 15 is 0 Å². The highest BCUT2D eigenvalue weighted by molar-refractivity contribution is 7.10. The molecular weight excluding hydrogens is 488 g/mol. The van der Waals surface area contributed by atoms with Crippen molar-refractivity contribution in [2.45, 2.75) is 46.5 Å². The van der Waals surface area contributed by atoms with Gasteiger partial charge < -0.3 is 5.11 Å². The Hall–Kier alpha value is -3.15. The van der Waals surface area contributed by atoms with Crippen molar-refractivity contribution in [3.05, 3.63) is 103 Å². The van der Waals surface area contributed by atoms with Crippen molar-refractivity contribution >= 4 is 46.0 Å². The summed E-state index contributed by atoms with van der Waals surface area (Å²) in [7, 11) is 0. The van der Waals surface area contributed by atoms with Crippen molar-refractivity contribution in [3.8, 4) is 0 Å². The van der Waals surface area contributed by atoms with Gasteiger partial charge in [0.15, 0.2) is 5.78 Å². The Kier molecular flexibility index (Phi) is 6.17. The molecule has 0 saturated heterocycles. The van der Waals surface area contributed by atoms with E-state index in [0.29, 0.717) is 40.3 Å². The number of Topliss-reactive ketones (excluding diaryl/α,β-unsaturated/α-hetero) is 1. The van der Waals surface area contributed by atoms with E-state index in [-0.39, 0.29) is 22.8 Å². The molecule has 0 amide bonds. The highest BCUT2D eigenvalue weighted by atomic mass is 35.5. The van der Waals surface area contributed by atoms with Crippen LogP contribution in [0.25, 0.3) is 5.76 Å². The Labute approximate surface area is 221 Å². The monoisotopic (exact) mass is 516 g/mol. The first-order chi connectivity index (χ1) is 17.1. The topological polar surface area (TPSA) is 64.4 Å². The van der Waals surface area contributed by atoms with E-state index in [4.69, 9.17) is 11.6 Å². The van der Waals surface area contributed by atoms with Gasteiger partial charge in [0.25, 0.3) is 0 Å². The van der Waals surface area contributed by atoms with Gasteiger partial charge in [-0.1, -0.05) is 67.4 Å². The number of hydrogen-bond donors (Lipinski definition) is 2. The molecule has 1 aliphatic carbocycles. The molecule has 0 bridgehead atoms. The van der Waals surface area contributed by atoms with Crippen LogP contribution in [0.4, 0.5) is 5.69 Å². The Morgan fingerprint density at radius 1 is 1.11 bits per heavy atom. The zero-order chi connectivity index (χ0) is 25.8. The Morgan fingerprint density at radius 2 is 1.83 bits per heavy atom. The van der Waals surface area contributed by atoms with Crippen molar-refractivity contribution in [2.75, 3.05) is 4.90 Å². The molecule has 2 N–H and O–H groups in total. The maximum absolute atomic E-state index is 13.8. The Bertz CT molecular complexity index is 1430. The molecule has 5 rings (SSSR count). The van der Waals surface area contributed by atoms with Crippen LogP contribution in [-0.2, 0) is 4.79 Å². The second-order valence-electron chi connectivity index (χ2n) is 10.5. The largest absolute Gasteiger partial charge is 0.507 e. The van der Waals surface area contributed by atoms with E-state index in [1.165, 1.54) is 0 Å². The minimum atomic E-state index is -0.505. The maximum atomic E-state index is 13.8. The summed E-state index contributed by atoms with van der Waals surface area (Å²) in [6.45, 7) is 8.11. The number of aryl methyl sites for hydroxylation is 2. The molecule has 184 valence electrons. The van der Waals surface area contributed by atoms with Crippen LogP contribution < -0.4 is 4.90 Å². The predicted octanol–water partition coefficient (Wildman–Crippen LogP) is 8.21. The van der Waals surface area contributed by atoms with Crippen molar-refractivity contribution < 1.29 is 9.90 Å². The number of ketones is 1. The van der Waals surface area contributed by atoms with E-state index in [9.17, 15) is 15.3 Å². The number of benzene rings is 2. The summed E-state index contributed by atoms with van der Waals surface area (Å²) >= 11 is 8.06. The van der Waals surface area contributed by atoms with Crippen LogP contribution in [-0.4, -0.2) is 16.7 Å². The molecule has 36 heavy (non-hydrogen) atoms. The van der Waals surface area contributed by atoms with Crippen LogP contribution in [0.3, 0.4) is 0 Å². The zero-order valence-electron chi connectivity index (χ0n) is 20.9. The number of aliphatic hydroxyl groups excluding tert-OH is 1. The lowest BCUT2D eigenvalue weighted by atomic mass is 9.68. The summed E-state index contributed by atoms with van der Waals surface area (Å²) in [5, 5.41) is 23.7. The van der Waals surface area contributed by atoms with Crippen molar-refractivity contribution in [2.24, 2.45) is 5.41 Å². The number of thiophene rings is 1. The van der Waals surface area contributed by atoms with Crippen LogP contribution in [0, 0.1) is 24.7 Å². The van der Waals surface area contributed by atoms with Gasteiger partial charge in [0, 0.05) is 38.8 Å². The predicted molar refractivity (Wildman–Crippen MR) is 149 cm³/mol. The number of nitrogens with one attached hydrogen (secondary N) is 1. The first kappa shape index (κ1) is 24.5. The molecule has 3 aromatic rings. The van der Waals surface area contributed by atoms with Gasteiger partial charge in [-0.25, -0.2) is 0 Å². The quantitative estimate of drug-likeness (QED) is 0.345. The Balaban J connectivity index is 1.84. The van der Waals surface area contributed by atoms with Gasteiger partial charge in [-0.15, -0.1) is 11.3 Å². The number of anilines is 1. The van der Waals surface area contributed by atoms with Crippen molar-refractivity contribution in [3.63, 3.8) is 0 Å². The van der Waals surface area contributed by atoms with Crippen molar-refractivity contribution in [1.29, 1.82) is 5.41 Å². The molecule has 6 heteroatoms. The molecule has 1 unspecified atom stereocenters. The number of carbonyl (C=O) groups is 1. The van der Waals surface area contributed by atoms with Crippen LogP contribution in [0.5, 0.6) is 0 Å². The molecule has 2 heterocycles. The number of hydrogen-bond acceptors (Lipinski definition) is 4. The van der Waals surface area contributed by atoms with Crippen LogP contribution in [0.1, 0.15) is 54.2 Å². The first-order valence-electron chi connectivity index (χ1n) is 12.0. The molecule has 2 aromatic carbocycles. The molecule has 1 aromatic heterocycles. The second kappa shape index (κ2) is 9.06. The summed E-state index contributed by atoms with van der Waals surface area (Å²) in [6, 6.07) is 17.2. The molecule has 0 saturated carbocycles. The number of carbonyl (C=O) groups excluding carboxylic acids is 1. The lowest BCUT2D eigenvalue weighted by Crippen LogP contribution is -2.45. The van der Waals surface area contributed by atoms with E-state index in [2.05, 4.69) is 13.8 Å². The Morgan fingerprint density at radius 3 is 2.47 bits per heavy atom. The number of halogens is 1. The van der Waals surface area contributed by atoms with Crippen molar-refractivity contribution in [1.82, 2.24) is 0 Å². The lowest BCUT2D eigenvalue weighted by molar-refractivity contribution is -0.118. The molecule has 4 nitrogen and oxygen atoms in total. The average molecular weight is 517 g/mol. The third-order valence-corrected chi connectivity index (χ3v) is 8.39. The van der Waals surface area contributed by atoms with Gasteiger partial charge in [-0.3, -0.25) is 15.1 Å². The molecule has 0 fully saturated rings. The van der Waals surface area contributed by atoms with Crippen LogP contribution in [0.2, 0.25) is 5.02 Å². The fraction of sp³-hybridized carbons (Fsp3) is 0.267. The van der Waals surface area contributed by atoms with Gasteiger partial charge in [-0.2, -0.15) is 0 Å². The molecule has 1 aliphatic heterocycles. The van der Waals surface area contributed by atoms with Crippen LogP contribution in [0.15, 0.2) is 76.8 Å². The van der Waals surface area contributed by atoms with E-state index in [1.807, 2.05) is 78.7 Å². The lowest BCUT2D eigenvalue weighted by Gasteiger charge is -2.45. The van der Waals surface area contributed by atoms with E-state index in [1.54, 1.807) is 11.3 Å². The van der Waals surface area contributed by atoms with Crippen LogP contribution >= 0.6 is 22.9 Å². The minimum absolute atomic E-state index is 0.0193. The zero-order valence-corrected chi connectivity index (χ0v) is 22.4. The molecular formula is C30H29ClN2O2S. The smallest absolute Gasteiger partial charge is 0.162 e. The number of aliphatic hydroxyl groups is 1. The summed E-state index contributed by atoms with van der Waals surface area (Å²) in [5.41, 5.74) is 5.03. The summed E-state index contributed by atoms with van der Waals surface area (Å²) in [6.07, 6.45) is 1.06.